The predicted octanol–water partition coefficient (Wildman–Crippen LogP) is 2.54. The number of halogens is 1. The molecular formula is C9H15ClN2. The standard InChI is InChI=1S/C9H15ClN2/c1-7(6-8(2)10)9-4-5-11-12(9)3/h4-5,7-8H,6H2,1-3H3. The van der Waals surface area contributed by atoms with Gasteiger partial charge in [-0.3, -0.25) is 4.68 Å². The highest BCUT2D eigenvalue weighted by atomic mass is 35.5. The van der Waals surface area contributed by atoms with Crippen LogP contribution in [0.3, 0.4) is 0 Å². The Bertz CT molecular complexity index is 242. The number of aryl methyl sites for hydroxylation is 1. The van der Waals surface area contributed by atoms with Gasteiger partial charge < -0.3 is 0 Å². The number of rotatable bonds is 3. The van der Waals surface area contributed by atoms with Crippen molar-refractivity contribution >= 4 is 11.6 Å². The van der Waals surface area contributed by atoms with Gasteiger partial charge in [0.15, 0.2) is 0 Å². The topological polar surface area (TPSA) is 17.8 Å². The first-order chi connectivity index (χ1) is 5.61. The maximum absolute atomic E-state index is 5.91. The van der Waals surface area contributed by atoms with Crippen molar-refractivity contribution in [3.8, 4) is 0 Å². The van der Waals surface area contributed by atoms with Gasteiger partial charge in [-0.2, -0.15) is 5.10 Å². The van der Waals surface area contributed by atoms with Gasteiger partial charge in [0, 0.05) is 24.3 Å². The van der Waals surface area contributed by atoms with Gasteiger partial charge in [-0.25, -0.2) is 0 Å². The van der Waals surface area contributed by atoms with Crippen molar-refractivity contribution in [2.24, 2.45) is 7.05 Å². The summed E-state index contributed by atoms with van der Waals surface area (Å²) in [4.78, 5) is 0. The third kappa shape index (κ3) is 2.24. The highest BCUT2D eigenvalue weighted by Crippen LogP contribution is 2.21. The smallest absolute Gasteiger partial charge is 0.0492 e. The fourth-order valence-corrected chi connectivity index (χ4v) is 1.74. The van der Waals surface area contributed by atoms with E-state index in [4.69, 9.17) is 11.6 Å². The number of nitrogens with zero attached hydrogens (tertiary/aromatic N) is 2. The van der Waals surface area contributed by atoms with Crippen LogP contribution in [-0.2, 0) is 7.05 Å². The lowest BCUT2D eigenvalue weighted by Crippen LogP contribution is -2.06. The monoisotopic (exact) mass is 186 g/mol. The fraction of sp³-hybridized carbons (Fsp3) is 0.667. The molecule has 0 aliphatic carbocycles. The van der Waals surface area contributed by atoms with Gasteiger partial charge in [0.2, 0.25) is 0 Å². The Morgan fingerprint density at radius 1 is 1.58 bits per heavy atom. The average molecular weight is 187 g/mol. The molecule has 1 aromatic heterocycles. The molecule has 1 heterocycles. The first-order valence-corrected chi connectivity index (χ1v) is 4.67. The summed E-state index contributed by atoms with van der Waals surface area (Å²) in [7, 11) is 1.96. The highest BCUT2D eigenvalue weighted by molar-refractivity contribution is 6.20. The Kier molecular flexibility index (Phi) is 3.15. The molecule has 0 fully saturated rings. The molecule has 0 aliphatic heterocycles. The molecule has 0 radical (unpaired) electrons. The van der Waals surface area contributed by atoms with Gasteiger partial charge in [-0.05, 0) is 25.3 Å². The van der Waals surface area contributed by atoms with Gasteiger partial charge >= 0.3 is 0 Å². The zero-order valence-electron chi connectivity index (χ0n) is 7.79. The summed E-state index contributed by atoms with van der Waals surface area (Å²) in [6.45, 7) is 4.20. The molecule has 0 saturated heterocycles. The molecule has 1 aromatic rings. The molecular weight excluding hydrogens is 172 g/mol. The molecule has 0 aromatic carbocycles. The van der Waals surface area contributed by atoms with Crippen LogP contribution in [0, 0.1) is 0 Å². The SMILES string of the molecule is CC(Cl)CC(C)c1ccnn1C. The minimum Gasteiger partial charge on any atom is -0.272 e. The van der Waals surface area contributed by atoms with Crippen molar-refractivity contribution < 1.29 is 0 Å². The van der Waals surface area contributed by atoms with Crippen LogP contribution >= 0.6 is 11.6 Å². The van der Waals surface area contributed by atoms with E-state index in [2.05, 4.69) is 12.0 Å². The van der Waals surface area contributed by atoms with E-state index in [1.807, 2.05) is 30.9 Å². The van der Waals surface area contributed by atoms with E-state index < -0.39 is 0 Å². The summed E-state index contributed by atoms with van der Waals surface area (Å²) in [5.74, 6) is 0.491. The molecule has 0 N–H and O–H groups in total. The summed E-state index contributed by atoms with van der Waals surface area (Å²) in [5, 5.41) is 4.35. The Hall–Kier alpha value is -0.500. The molecule has 3 heteroatoms. The number of aromatic nitrogens is 2. The third-order valence-electron chi connectivity index (χ3n) is 2.04. The first-order valence-electron chi connectivity index (χ1n) is 4.23. The van der Waals surface area contributed by atoms with Crippen LogP contribution in [0.2, 0.25) is 0 Å². The van der Waals surface area contributed by atoms with Gasteiger partial charge in [0.05, 0.1) is 0 Å². The van der Waals surface area contributed by atoms with E-state index in [1.165, 1.54) is 5.69 Å². The Balaban J connectivity index is 2.65. The van der Waals surface area contributed by atoms with E-state index in [-0.39, 0.29) is 5.38 Å². The molecule has 68 valence electrons. The molecule has 0 amide bonds. The number of hydrogen-bond donors (Lipinski definition) is 0. The van der Waals surface area contributed by atoms with E-state index >= 15 is 0 Å². The molecule has 1 rings (SSSR count). The molecule has 2 atom stereocenters. The van der Waals surface area contributed by atoms with Gasteiger partial charge in [0.1, 0.15) is 0 Å². The van der Waals surface area contributed by atoms with Crippen molar-refractivity contribution in [1.82, 2.24) is 9.78 Å². The number of alkyl halides is 1. The average Bonchev–Trinajstić information content (AvgIpc) is 2.33. The predicted molar refractivity (Wildman–Crippen MR) is 51.6 cm³/mol. The summed E-state index contributed by atoms with van der Waals surface area (Å²) in [5.41, 5.74) is 1.25. The summed E-state index contributed by atoms with van der Waals surface area (Å²) in [6.07, 6.45) is 2.83. The largest absolute Gasteiger partial charge is 0.272 e. The lowest BCUT2D eigenvalue weighted by molar-refractivity contribution is 0.597. The van der Waals surface area contributed by atoms with E-state index in [0.717, 1.165) is 6.42 Å². The summed E-state index contributed by atoms with van der Waals surface area (Å²) < 4.78 is 1.91. The van der Waals surface area contributed by atoms with Crippen LogP contribution in [-0.4, -0.2) is 15.2 Å². The zero-order valence-corrected chi connectivity index (χ0v) is 8.54. The zero-order chi connectivity index (χ0) is 9.14. The molecule has 12 heavy (non-hydrogen) atoms. The summed E-state index contributed by atoms with van der Waals surface area (Å²) in [6, 6.07) is 2.05. The molecule has 2 unspecified atom stereocenters. The minimum absolute atomic E-state index is 0.231. The van der Waals surface area contributed by atoms with E-state index in [1.54, 1.807) is 0 Å². The maximum atomic E-state index is 5.91. The second-order valence-corrected chi connectivity index (χ2v) is 4.04. The molecule has 0 bridgehead atoms. The van der Waals surface area contributed by atoms with Crippen molar-refractivity contribution in [2.45, 2.75) is 31.6 Å². The fourth-order valence-electron chi connectivity index (χ4n) is 1.48. The van der Waals surface area contributed by atoms with Gasteiger partial charge in [-0.1, -0.05) is 6.92 Å². The second-order valence-electron chi connectivity index (χ2n) is 3.30. The van der Waals surface area contributed by atoms with Crippen LogP contribution in [0.4, 0.5) is 0 Å². The first kappa shape index (κ1) is 9.59. The number of hydrogen-bond acceptors (Lipinski definition) is 1. The quantitative estimate of drug-likeness (QED) is 0.664. The van der Waals surface area contributed by atoms with E-state index in [0.29, 0.717) is 5.92 Å². The normalized spacial score (nSPS) is 16.0. The van der Waals surface area contributed by atoms with Crippen molar-refractivity contribution in [2.75, 3.05) is 0 Å². The summed E-state index contributed by atoms with van der Waals surface area (Å²) >= 11 is 5.91. The molecule has 2 nitrogen and oxygen atoms in total. The molecule has 0 aliphatic rings. The van der Waals surface area contributed by atoms with Crippen LogP contribution in [0.5, 0.6) is 0 Å². The van der Waals surface area contributed by atoms with Crippen LogP contribution in [0.1, 0.15) is 31.9 Å². The van der Waals surface area contributed by atoms with Crippen LogP contribution < -0.4 is 0 Å². The minimum atomic E-state index is 0.231. The van der Waals surface area contributed by atoms with Gasteiger partial charge in [-0.15, -0.1) is 11.6 Å². The molecule has 0 spiro atoms. The van der Waals surface area contributed by atoms with Crippen molar-refractivity contribution in [3.05, 3.63) is 18.0 Å². The van der Waals surface area contributed by atoms with Crippen molar-refractivity contribution in [1.29, 1.82) is 0 Å². The third-order valence-corrected chi connectivity index (χ3v) is 2.22. The van der Waals surface area contributed by atoms with Crippen LogP contribution in [0.15, 0.2) is 12.3 Å². The Morgan fingerprint density at radius 2 is 2.25 bits per heavy atom. The second kappa shape index (κ2) is 3.94. The molecule has 0 saturated carbocycles. The lowest BCUT2D eigenvalue weighted by atomic mass is 10.0. The van der Waals surface area contributed by atoms with Crippen LogP contribution in [0.25, 0.3) is 0 Å². The Morgan fingerprint density at radius 3 is 2.67 bits per heavy atom. The lowest BCUT2D eigenvalue weighted by Gasteiger charge is -2.12. The van der Waals surface area contributed by atoms with E-state index in [9.17, 15) is 0 Å². The van der Waals surface area contributed by atoms with Crippen molar-refractivity contribution in [3.63, 3.8) is 0 Å². The van der Waals surface area contributed by atoms with Gasteiger partial charge in [0.25, 0.3) is 0 Å². The maximum Gasteiger partial charge on any atom is 0.0492 e. The Labute approximate surface area is 78.5 Å². The highest BCUT2D eigenvalue weighted by Gasteiger charge is 2.11.